The number of carbonyl (C=O) groups excluding carboxylic acids is 1. The molecule has 0 saturated heterocycles. The van der Waals surface area contributed by atoms with Crippen molar-refractivity contribution < 1.29 is 4.79 Å². The number of hydrogen-bond donors (Lipinski definition) is 1. The largest absolute Gasteiger partial charge is 0.353 e. The van der Waals surface area contributed by atoms with Crippen molar-refractivity contribution in [2.24, 2.45) is 0 Å². The van der Waals surface area contributed by atoms with E-state index in [1.165, 1.54) is 5.56 Å². The highest BCUT2D eigenvalue weighted by Gasteiger charge is 2.21. The number of nitrogens with one attached hydrogen (secondary N) is 1. The predicted octanol–water partition coefficient (Wildman–Crippen LogP) is 2.52. The van der Waals surface area contributed by atoms with Gasteiger partial charge in [-0.15, -0.1) is 10.2 Å². The molecule has 0 spiro atoms. The summed E-state index contributed by atoms with van der Waals surface area (Å²) in [6.07, 6.45) is 8.33. The van der Waals surface area contributed by atoms with Crippen LogP contribution in [0.1, 0.15) is 35.6 Å². The second-order valence-electron chi connectivity index (χ2n) is 7.30. The van der Waals surface area contributed by atoms with Gasteiger partial charge in [0.15, 0.2) is 0 Å². The highest BCUT2D eigenvalue weighted by molar-refractivity contribution is 5.78. The molecule has 0 bridgehead atoms. The van der Waals surface area contributed by atoms with Gasteiger partial charge in [-0.3, -0.25) is 9.78 Å². The van der Waals surface area contributed by atoms with Crippen molar-refractivity contribution in [3.63, 3.8) is 0 Å². The maximum absolute atomic E-state index is 12.4. The molecule has 3 heterocycles. The Balaban J connectivity index is 1.32. The normalized spacial score (nSPS) is 16.2. The third kappa shape index (κ3) is 4.63. The molecule has 1 unspecified atom stereocenters. The summed E-state index contributed by atoms with van der Waals surface area (Å²) >= 11 is 0. The van der Waals surface area contributed by atoms with Gasteiger partial charge in [-0.1, -0.05) is 36.4 Å². The van der Waals surface area contributed by atoms with Crippen LogP contribution in [0.2, 0.25) is 0 Å². The summed E-state index contributed by atoms with van der Waals surface area (Å²) in [6, 6.07) is 14.4. The fraction of sp³-hybridized carbons (Fsp3) is 0.364. The second-order valence-corrected chi connectivity index (χ2v) is 7.30. The number of aromatic nitrogens is 4. The molecule has 3 aromatic rings. The van der Waals surface area contributed by atoms with Crippen LogP contribution >= 0.6 is 0 Å². The molecule has 4 rings (SSSR count). The lowest BCUT2D eigenvalue weighted by atomic mass is 10.1. The van der Waals surface area contributed by atoms with Crippen molar-refractivity contribution in [3.8, 4) is 0 Å². The summed E-state index contributed by atoms with van der Waals surface area (Å²) < 4.78 is 2.25. The quantitative estimate of drug-likeness (QED) is 0.719. The van der Waals surface area contributed by atoms with Crippen LogP contribution in [-0.2, 0) is 37.0 Å². The van der Waals surface area contributed by atoms with E-state index >= 15 is 0 Å². The molecule has 1 amide bonds. The van der Waals surface area contributed by atoms with Crippen LogP contribution in [0.5, 0.6) is 0 Å². The molecule has 1 aliphatic rings. The fourth-order valence-electron chi connectivity index (χ4n) is 3.74. The molecule has 1 aromatic carbocycles. The Morgan fingerprint density at radius 2 is 1.89 bits per heavy atom. The van der Waals surface area contributed by atoms with Gasteiger partial charge in [0.1, 0.15) is 11.6 Å². The van der Waals surface area contributed by atoms with E-state index in [0.717, 1.165) is 55.9 Å². The summed E-state index contributed by atoms with van der Waals surface area (Å²) in [6.45, 7) is 0.851. The van der Waals surface area contributed by atoms with E-state index in [2.05, 4.69) is 49.3 Å². The molecule has 1 aliphatic heterocycles. The Kier molecular flexibility index (Phi) is 5.75. The van der Waals surface area contributed by atoms with Crippen LogP contribution in [0.25, 0.3) is 0 Å². The SMILES string of the molecule is O=C(Cc1cccnc1)NC1CCc2nnc(CCc3ccccc3)n2CC1. The van der Waals surface area contributed by atoms with Gasteiger partial charge in [-0.05, 0) is 36.5 Å². The lowest BCUT2D eigenvalue weighted by Gasteiger charge is -2.16. The Bertz CT molecular complexity index is 907. The lowest BCUT2D eigenvalue weighted by molar-refractivity contribution is -0.121. The Labute approximate surface area is 165 Å². The minimum atomic E-state index is 0.0555. The number of rotatable bonds is 6. The van der Waals surface area contributed by atoms with Gasteiger partial charge in [0.05, 0.1) is 6.42 Å². The van der Waals surface area contributed by atoms with Gasteiger partial charge >= 0.3 is 0 Å². The first-order valence-corrected chi connectivity index (χ1v) is 9.91. The highest BCUT2D eigenvalue weighted by Crippen LogP contribution is 2.17. The molecule has 144 valence electrons. The van der Waals surface area contributed by atoms with Crippen molar-refractivity contribution in [1.82, 2.24) is 25.1 Å². The molecule has 0 saturated carbocycles. The van der Waals surface area contributed by atoms with Crippen LogP contribution in [-0.4, -0.2) is 31.7 Å². The van der Waals surface area contributed by atoms with Crippen LogP contribution in [0, 0.1) is 0 Å². The molecule has 2 aromatic heterocycles. The number of benzene rings is 1. The Morgan fingerprint density at radius 3 is 2.71 bits per heavy atom. The van der Waals surface area contributed by atoms with E-state index in [0.29, 0.717) is 6.42 Å². The van der Waals surface area contributed by atoms with Gasteiger partial charge < -0.3 is 9.88 Å². The zero-order valence-electron chi connectivity index (χ0n) is 15.9. The van der Waals surface area contributed by atoms with Crippen molar-refractivity contribution in [2.75, 3.05) is 0 Å². The molecular formula is C22H25N5O. The average Bonchev–Trinajstić information content (AvgIpc) is 3.00. The second kappa shape index (κ2) is 8.78. The molecule has 1 atom stereocenters. The smallest absolute Gasteiger partial charge is 0.224 e. The van der Waals surface area contributed by atoms with Gasteiger partial charge in [-0.25, -0.2) is 0 Å². The summed E-state index contributed by atoms with van der Waals surface area (Å²) in [5.74, 6) is 2.13. The van der Waals surface area contributed by atoms with E-state index in [1.54, 1.807) is 12.4 Å². The molecule has 1 N–H and O–H groups in total. The number of aryl methyl sites for hydroxylation is 3. The van der Waals surface area contributed by atoms with Crippen LogP contribution in [0.4, 0.5) is 0 Å². The van der Waals surface area contributed by atoms with Crippen molar-refractivity contribution >= 4 is 5.91 Å². The Hall–Kier alpha value is -3.02. The topological polar surface area (TPSA) is 72.7 Å². The van der Waals surface area contributed by atoms with Gasteiger partial charge in [-0.2, -0.15) is 0 Å². The predicted molar refractivity (Wildman–Crippen MR) is 107 cm³/mol. The van der Waals surface area contributed by atoms with E-state index in [9.17, 15) is 4.79 Å². The minimum Gasteiger partial charge on any atom is -0.353 e. The minimum absolute atomic E-state index is 0.0555. The fourth-order valence-corrected chi connectivity index (χ4v) is 3.74. The molecule has 0 fully saturated rings. The van der Waals surface area contributed by atoms with E-state index in [4.69, 9.17) is 0 Å². The van der Waals surface area contributed by atoms with Gasteiger partial charge in [0.25, 0.3) is 0 Å². The maximum Gasteiger partial charge on any atom is 0.224 e. The van der Waals surface area contributed by atoms with E-state index < -0.39 is 0 Å². The number of pyridine rings is 1. The molecular weight excluding hydrogens is 350 g/mol. The van der Waals surface area contributed by atoms with Crippen molar-refractivity contribution in [3.05, 3.63) is 77.6 Å². The molecule has 6 heteroatoms. The van der Waals surface area contributed by atoms with Crippen LogP contribution in [0.3, 0.4) is 0 Å². The first kappa shape index (κ1) is 18.3. The summed E-state index contributed by atoms with van der Waals surface area (Å²) in [5.41, 5.74) is 2.25. The number of nitrogens with zero attached hydrogens (tertiary/aromatic N) is 4. The summed E-state index contributed by atoms with van der Waals surface area (Å²) in [4.78, 5) is 16.4. The monoisotopic (exact) mass is 375 g/mol. The van der Waals surface area contributed by atoms with Crippen molar-refractivity contribution in [1.29, 1.82) is 0 Å². The number of carbonyl (C=O) groups is 1. The van der Waals surface area contributed by atoms with Gasteiger partial charge in [0, 0.05) is 37.8 Å². The number of amides is 1. The molecule has 0 radical (unpaired) electrons. The zero-order valence-corrected chi connectivity index (χ0v) is 15.9. The molecule has 28 heavy (non-hydrogen) atoms. The third-order valence-corrected chi connectivity index (χ3v) is 5.25. The first-order chi connectivity index (χ1) is 13.8. The van der Waals surface area contributed by atoms with Crippen LogP contribution < -0.4 is 5.32 Å². The molecule has 0 aliphatic carbocycles. The summed E-state index contributed by atoms with van der Waals surface area (Å²) in [7, 11) is 0. The van der Waals surface area contributed by atoms with Gasteiger partial charge in [0.2, 0.25) is 5.91 Å². The van der Waals surface area contributed by atoms with E-state index in [-0.39, 0.29) is 11.9 Å². The molecule has 6 nitrogen and oxygen atoms in total. The zero-order chi connectivity index (χ0) is 19.2. The van der Waals surface area contributed by atoms with Crippen molar-refractivity contribution in [2.45, 2.75) is 51.1 Å². The standard InChI is InChI=1S/C22H25N5O/c28-22(15-18-7-4-13-23-16-18)24-19-9-11-21-26-25-20(27(21)14-12-19)10-8-17-5-2-1-3-6-17/h1-7,13,16,19H,8-12,14-15H2,(H,24,28). The lowest BCUT2D eigenvalue weighted by Crippen LogP contribution is -2.36. The maximum atomic E-state index is 12.4. The Morgan fingerprint density at radius 1 is 1.04 bits per heavy atom. The third-order valence-electron chi connectivity index (χ3n) is 5.25. The highest BCUT2D eigenvalue weighted by atomic mass is 16.1. The van der Waals surface area contributed by atoms with Crippen LogP contribution in [0.15, 0.2) is 54.9 Å². The average molecular weight is 375 g/mol. The first-order valence-electron chi connectivity index (χ1n) is 9.91. The number of hydrogen-bond acceptors (Lipinski definition) is 4. The number of fused-ring (bicyclic) bond motifs is 1. The van der Waals surface area contributed by atoms with E-state index in [1.807, 2.05) is 18.2 Å². The summed E-state index contributed by atoms with van der Waals surface area (Å²) in [5, 5.41) is 12.0.